The van der Waals surface area contributed by atoms with Gasteiger partial charge in [0, 0.05) is 21.0 Å². The maximum absolute atomic E-state index is 13.2. The molecule has 1 amide bonds. The highest BCUT2D eigenvalue weighted by molar-refractivity contribution is 7.99. The van der Waals surface area contributed by atoms with Gasteiger partial charge in [-0.25, -0.2) is 15.0 Å². The van der Waals surface area contributed by atoms with Crippen LogP contribution >= 0.6 is 11.8 Å². The molecule has 1 atom stereocenters. The molecule has 0 spiro atoms. The van der Waals surface area contributed by atoms with Gasteiger partial charge in [-0.2, -0.15) is 0 Å². The van der Waals surface area contributed by atoms with Gasteiger partial charge in [0.05, 0.1) is 17.1 Å². The SMILES string of the molecule is CC(C)c1ccc2c(Nc3cc(C(=O)N[C@@H](C)c4ccccc4)ccc3Sc3ccc(O)cc3)ncnc2n1. The third-order valence-corrected chi connectivity index (χ3v) is 7.40. The lowest BCUT2D eigenvalue weighted by Gasteiger charge is -2.17. The number of hydrogen-bond acceptors (Lipinski definition) is 7. The van der Waals surface area contributed by atoms with Crippen molar-refractivity contribution < 1.29 is 9.90 Å². The molecule has 3 N–H and O–H groups in total. The van der Waals surface area contributed by atoms with Crippen molar-refractivity contribution in [3.63, 3.8) is 0 Å². The molecule has 0 aliphatic rings. The van der Waals surface area contributed by atoms with Crippen LogP contribution in [0, 0.1) is 0 Å². The lowest BCUT2D eigenvalue weighted by molar-refractivity contribution is 0.0940. The fourth-order valence-corrected chi connectivity index (χ4v) is 4.99. The minimum atomic E-state index is -0.175. The van der Waals surface area contributed by atoms with E-state index in [-0.39, 0.29) is 23.6 Å². The largest absolute Gasteiger partial charge is 0.508 e. The number of phenols is 1. The first kappa shape index (κ1) is 26.2. The van der Waals surface area contributed by atoms with Gasteiger partial charge < -0.3 is 15.7 Å². The summed E-state index contributed by atoms with van der Waals surface area (Å²) in [5, 5.41) is 17.0. The summed E-state index contributed by atoms with van der Waals surface area (Å²) in [6.45, 7) is 6.15. The summed E-state index contributed by atoms with van der Waals surface area (Å²) >= 11 is 1.52. The number of hydrogen-bond donors (Lipinski definition) is 3. The molecule has 2 heterocycles. The second-order valence-corrected chi connectivity index (χ2v) is 10.6. The molecule has 7 nitrogen and oxygen atoms in total. The van der Waals surface area contributed by atoms with Crippen molar-refractivity contribution in [2.45, 2.75) is 42.5 Å². The normalized spacial score (nSPS) is 11.9. The zero-order valence-electron chi connectivity index (χ0n) is 21.9. The van der Waals surface area contributed by atoms with E-state index in [0.717, 1.165) is 32.1 Å². The monoisotopic (exact) mass is 535 g/mol. The molecule has 0 saturated carbocycles. The van der Waals surface area contributed by atoms with Crippen LogP contribution in [-0.4, -0.2) is 26.0 Å². The molecule has 0 radical (unpaired) electrons. The lowest BCUT2D eigenvalue weighted by atomic mass is 10.1. The molecular formula is C31H29N5O2S. The van der Waals surface area contributed by atoms with Gasteiger partial charge in [-0.15, -0.1) is 0 Å². The van der Waals surface area contributed by atoms with Crippen molar-refractivity contribution >= 4 is 40.2 Å². The summed E-state index contributed by atoms with van der Waals surface area (Å²) in [6.07, 6.45) is 1.49. The minimum absolute atomic E-state index is 0.145. The lowest BCUT2D eigenvalue weighted by Crippen LogP contribution is -2.26. The van der Waals surface area contributed by atoms with Crippen molar-refractivity contribution in [2.24, 2.45) is 0 Å². The topological polar surface area (TPSA) is 100 Å². The Morgan fingerprint density at radius 1 is 0.897 bits per heavy atom. The first-order chi connectivity index (χ1) is 18.9. The molecule has 0 fully saturated rings. The van der Waals surface area contributed by atoms with Crippen LogP contribution in [0.25, 0.3) is 11.0 Å². The Morgan fingerprint density at radius 3 is 2.41 bits per heavy atom. The van der Waals surface area contributed by atoms with E-state index in [1.54, 1.807) is 12.1 Å². The maximum Gasteiger partial charge on any atom is 0.251 e. The van der Waals surface area contributed by atoms with E-state index in [1.807, 2.05) is 79.7 Å². The molecule has 2 aromatic heterocycles. The Bertz CT molecular complexity index is 1610. The van der Waals surface area contributed by atoms with Crippen molar-refractivity contribution in [3.05, 3.63) is 108 Å². The highest BCUT2D eigenvalue weighted by Crippen LogP contribution is 2.37. The number of fused-ring (bicyclic) bond motifs is 1. The summed E-state index contributed by atoms with van der Waals surface area (Å²) in [7, 11) is 0. The van der Waals surface area contributed by atoms with Crippen LogP contribution in [0.1, 0.15) is 54.3 Å². The number of nitrogens with one attached hydrogen (secondary N) is 2. The van der Waals surface area contributed by atoms with Crippen molar-refractivity contribution in [3.8, 4) is 5.75 Å². The number of anilines is 2. The third kappa shape index (κ3) is 6.18. The zero-order chi connectivity index (χ0) is 27.4. The van der Waals surface area contributed by atoms with Crippen molar-refractivity contribution in [1.29, 1.82) is 0 Å². The number of rotatable bonds is 8. The summed E-state index contributed by atoms with van der Waals surface area (Å²) in [4.78, 5) is 28.7. The quantitative estimate of drug-likeness (QED) is 0.193. The van der Waals surface area contributed by atoms with Gasteiger partial charge in [-0.3, -0.25) is 4.79 Å². The average Bonchev–Trinajstić information content (AvgIpc) is 2.95. The molecule has 5 rings (SSSR count). The Hall–Kier alpha value is -4.43. The van der Waals surface area contributed by atoms with E-state index in [9.17, 15) is 9.90 Å². The molecule has 3 aromatic carbocycles. The number of carbonyl (C=O) groups is 1. The number of carbonyl (C=O) groups excluding carboxylic acids is 1. The number of nitrogens with zero attached hydrogens (tertiary/aromatic N) is 3. The van der Waals surface area contributed by atoms with Crippen LogP contribution in [0.4, 0.5) is 11.5 Å². The fraction of sp³-hybridized carbons (Fsp3) is 0.161. The van der Waals surface area contributed by atoms with Crippen LogP contribution < -0.4 is 10.6 Å². The minimum Gasteiger partial charge on any atom is -0.508 e. The van der Waals surface area contributed by atoms with Crippen LogP contribution in [0.3, 0.4) is 0 Å². The van der Waals surface area contributed by atoms with Crippen molar-refractivity contribution in [2.75, 3.05) is 5.32 Å². The molecule has 0 aliphatic carbocycles. The Morgan fingerprint density at radius 2 is 1.67 bits per heavy atom. The molecule has 39 heavy (non-hydrogen) atoms. The maximum atomic E-state index is 13.2. The first-order valence-electron chi connectivity index (χ1n) is 12.7. The first-order valence-corrected chi connectivity index (χ1v) is 13.5. The van der Waals surface area contributed by atoms with Crippen LogP contribution in [0.15, 0.2) is 101 Å². The second-order valence-electron chi connectivity index (χ2n) is 9.52. The Kier molecular flexibility index (Phi) is 7.74. The van der Waals surface area contributed by atoms with Gasteiger partial charge in [0.2, 0.25) is 0 Å². The third-order valence-electron chi connectivity index (χ3n) is 6.32. The highest BCUT2D eigenvalue weighted by atomic mass is 32.2. The van der Waals surface area contributed by atoms with E-state index in [2.05, 4.69) is 34.4 Å². The highest BCUT2D eigenvalue weighted by Gasteiger charge is 2.16. The number of pyridine rings is 1. The summed E-state index contributed by atoms with van der Waals surface area (Å²) in [5.41, 5.74) is 3.85. The molecule has 196 valence electrons. The molecule has 0 unspecified atom stereocenters. The number of phenolic OH excluding ortho intramolecular Hbond substituents is 1. The fourth-order valence-electron chi connectivity index (χ4n) is 4.11. The molecule has 0 bridgehead atoms. The predicted molar refractivity (Wildman–Crippen MR) is 156 cm³/mol. The van der Waals surface area contributed by atoms with Crippen LogP contribution in [-0.2, 0) is 0 Å². The number of aromatic nitrogens is 3. The summed E-state index contributed by atoms with van der Waals surface area (Å²) in [5.74, 6) is 0.914. The Labute approximate surface area is 231 Å². The Balaban J connectivity index is 1.49. The number of amides is 1. The van der Waals surface area contributed by atoms with E-state index in [1.165, 1.54) is 18.1 Å². The van der Waals surface area contributed by atoms with E-state index in [4.69, 9.17) is 4.98 Å². The van der Waals surface area contributed by atoms with E-state index >= 15 is 0 Å². The molecule has 0 aliphatic heterocycles. The van der Waals surface area contributed by atoms with Gasteiger partial charge in [0.1, 0.15) is 17.9 Å². The molecule has 0 saturated heterocycles. The smallest absolute Gasteiger partial charge is 0.251 e. The van der Waals surface area contributed by atoms with Gasteiger partial charge in [0.25, 0.3) is 5.91 Å². The van der Waals surface area contributed by atoms with Gasteiger partial charge in [-0.05, 0) is 73.0 Å². The molecular weight excluding hydrogens is 506 g/mol. The molecule has 5 aromatic rings. The van der Waals surface area contributed by atoms with Crippen LogP contribution in [0.5, 0.6) is 5.75 Å². The summed E-state index contributed by atoms with van der Waals surface area (Å²) < 4.78 is 0. The summed E-state index contributed by atoms with van der Waals surface area (Å²) in [6, 6.07) is 26.2. The number of aromatic hydroxyl groups is 1. The standard InChI is InChI=1S/C31H29N5O2S/c1-19(2)26-15-14-25-29(35-26)32-18-33-30(25)36-27-17-22(31(38)34-20(3)21-7-5-4-6-8-21)9-16-28(27)39-24-12-10-23(37)11-13-24/h4-20,37H,1-3H3,(H,34,38)(H,32,33,35,36)/t20-/m0/s1. The van der Waals surface area contributed by atoms with Gasteiger partial charge in [-0.1, -0.05) is 55.9 Å². The van der Waals surface area contributed by atoms with Crippen molar-refractivity contribution in [1.82, 2.24) is 20.3 Å². The zero-order valence-corrected chi connectivity index (χ0v) is 22.7. The molecule has 8 heteroatoms. The number of benzene rings is 3. The van der Waals surface area contributed by atoms with Gasteiger partial charge >= 0.3 is 0 Å². The predicted octanol–water partition coefficient (Wildman–Crippen LogP) is 7.24. The van der Waals surface area contributed by atoms with Crippen LogP contribution in [0.2, 0.25) is 0 Å². The van der Waals surface area contributed by atoms with Gasteiger partial charge in [0.15, 0.2) is 5.65 Å². The average molecular weight is 536 g/mol. The van der Waals surface area contributed by atoms with E-state index in [0.29, 0.717) is 17.0 Å². The van der Waals surface area contributed by atoms with E-state index < -0.39 is 0 Å². The second kappa shape index (κ2) is 11.5.